The molecule has 0 unspecified atom stereocenters. The highest BCUT2D eigenvalue weighted by atomic mass is 16.6. The number of amides is 2. The van der Waals surface area contributed by atoms with E-state index in [4.69, 9.17) is 9.47 Å². The van der Waals surface area contributed by atoms with Gasteiger partial charge in [-0.05, 0) is 31.9 Å². The molecule has 2 amide bonds. The van der Waals surface area contributed by atoms with Gasteiger partial charge >= 0.3 is 12.2 Å². The first kappa shape index (κ1) is 18.8. The quantitative estimate of drug-likeness (QED) is 0.776. The summed E-state index contributed by atoms with van der Waals surface area (Å²) in [5.41, 5.74) is 0.521. The van der Waals surface area contributed by atoms with Crippen molar-refractivity contribution in [3.63, 3.8) is 0 Å². The molecule has 1 aromatic carbocycles. The number of anilines is 1. The fourth-order valence-electron chi connectivity index (χ4n) is 1.88. The Morgan fingerprint density at radius 2 is 1.96 bits per heavy atom. The van der Waals surface area contributed by atoms with Crippen LogP contribution in [0.2, 0.25) is 0 Å². The molecule has 0 heterocycles. The fourth-order valence-corrected chi connectivity index (χ4v) is 1.88. The van der Waals surface area contributed by atoms with E-state index in [1.54, 1.807) is 29.2 Å². The first-order valence-corrected chi connectivity index (χ1v) is 8.11. The zero-order chi connectivity index (χ0) is 17.1. The molecule has 1 N–H and O–H groups in total. The summed E-state index contributed by atoms with van der Waals surface area (Å²) in [5.74, 6) is 0.387. The van der Waals surface area contributed by atoms with E-state index in [2.05, 4.69) is 12.2 Å². The molecule has 23 heavy (non-hydrogen) atoms. The van der Waals surface area contributed by atoms with Gasteiger partial charge in [-0.15, -0.1) is 0 Å². The van der Waals surface area contributed by atoms with Gasteiger partial charge < -0.3 is 14.4 Å². The van der Waals surface area contributed by atoms with Crippen LogP contribution >= 0.6 is 0 Å². The van der Waals surface area contributed by atoms with Crippen molar-refractivity contribution < 1.29 is 19.1 Å². The van der Waals surface area contributed by atoms with Crippen molar-refractivity contribution in [1.82, 2.24) is 4.90 Å². The van der Waals surface area contributed by atoms with Crippen LogP contribution in [0.25, 0.3) is 0 Å². The topological polar surface area (TPSA) is 67.9 Å². The van der Waals surface area contributed by atoms with Gasteiger partial charge in [-0.1, -0.05) is 26.3 Å². The van der Waals surface area contributed by atoms with E-state index in [0.29, 0.717) is 31.1 Å². The summed E-state index contributed by atoms with van der Waals surface area (Å²) in [7, 11) is 0. The zero-order valence-electron chi connectivity index (χ0n) is 14.1. The number of carbonyl (C=O) groups excluding carboxylic acids is 2. The Labute approximate surface area is 137 Å². The summed E-state index contributed by atoms with van der Waals surface area (Å²) in [6.07, 6.45) is 1.81. The highest BCUT2D eigenvalue weighted by molar-refractivity contribution is 5.85. The van der Waals surface area contributed by atoms with Gasteiger partial charge in [-0.2, -0.15) is 0 Å². The number of rotatable bonds is 8. The lowest BCUT2D eigenvalue weighted by Crippen LogP contribution is -2.34. The van der Waals surface area contributed by atoms with Gasteiger partial charge in [0.25, 0.3) is 0 Å². The molecule has 6 nitrogen and oxygen atoms in total. The minimum Gasteiger partial charge on any atom is -0.449 e. The van der Waals surface area contributed by atoms with Crippen LogP contribution in [-0.4, -0.2) is 36.8 Å². The molecule has 0 atom stereocenters. The highest BCUT2D eigenvalue weighted by Gasteiger charge is 2.14. The summed E-state index contributed by atoms with van der Waals surface area (Å²) in [6, 6.07) is 6.69. The zero-order valence-corrected chi connectivity index (χ0v) is 14.1. The lowest BCUT2D eigenvalue weighted by molar-refractivity contribution is 0.154. The molecule has 0 aliphatic heterocycles. The van der Waals surface area contributed by atoms with Crippen molar-refractivity contribution in [1.29, 1.82) is 0 Å². The number of benzene rings is 1. The Bertz CT molecular complexity index is 505. The molecule has 0 bridgehead atoms. The monoisotopic (exact) mass is 322 g/mol. The van der Waals surface area contributed by atoms with Crippen molar-refractivity contribution in [2.75, 3.05) is 25.0 Å². The van der Waals surface area contributed by atoms with Gasteiger partial charge in [0.15, 0.2) is 0 Å². The number of hydrogen-bond donors (Lipinski definition) is 1. The Morgan fingerprint density at radius 3 is 2.61 bits per heavy atom. The Kier molecular flexibility index (Phi) is 8.57. The van der Waals surface area contributed by atoms with Crippen molar-refractivity contribution in [3.05, 3.63) is 24.3 Å². The van der Waals surface area contributed by atoms with E-state index < -0.39 is 6.09 Å². The number of hydrogen-bond acceptors (Lipinski definition) is 4. The SMILES string of the molecule is CCCCN(CC)C(=O)Oc1cccc(NC(=O)OCCC)c1. The standard InChI is InChI=1S/C17H26N2O4/c1-4-7-11-19(6-3)17(21)23-15-10-8-9-14(13-15)18-16(20)22-12-5-2/h8-10,13H,4-7,11-12H2,1-3H3,(H,18,20). The molecular weight excluding hydrogens is 296 g/mol. The lowest BCUT2D eigenvalue weighted by Gasteiger charge is -2.20. The van der Waals surface area contributed by atoms with Crippen LogP contribution in [0.5, 0.6) is 5.75 Å². The van der Waals surface area contributed by atoms with Gasteiger partial charge in [-0.3, -0.25) is 5.32 Å². The average Bonchev–Trinajstić information content (AvgIpc) is 2.54. The number of unbranched alkanes of at least 4 members (excludes halogenated alkanes) is 1. The van der Waals surface area contributed by atoms with E-state index >= 15 is 0 Å². The first-order chi connectivity index (χ1) is 11.1. The minimum absolute atomic E-state index is 0.364. The molecule has 0 spiro atoms. The normalized spacial score (nSPS) is 10.0. The number of nitrogens with zero attached hydrogens (tertiary/aromatic N) is 1. The molecule has 0 saturated carbocycles. The molecule has 0 fully saturated rings. The number of carbonyl (C=O) groups is 2. The van der Waals surface area contributed by atoms with Crippen LogP contribution in [0.15, 0.2) is 24.3 Å². The maximum atomic E-state index is 12.1. The van der Waals surface area contributed by atoms with Crippen molar-refractivity contribution in [3.8, 4) is 5.75 Å². The molecule has 0 saturated heterocycles. The van der Waals surface area contributed by atoms with Crippen LogP contribution in [0.3, 0.4) is 0 Å². The molecule has 1 aromatic rings. The second kappa shape index (κ2) is 10.5. The molecule has 0 aliphatic rings. The second-order valence-electron chi connectivity index (χ2n) is 5.09. The summed E-state index contributed by atoms with van der Waals surface area (Å²) >= 11 is 0. The molecule has 128 valence electrons. The molecular formula is C17H26N2O4. The lowest BCUT2D eigenvalue weighted by atomic mass is 10.3. The van der Waals surface area contributed by atoms with Gasteiger partial charge in [0.1, 0.15) is 5.75 Å². The van der Waals surface area contributed by atoms with Gasteiger partial charge in [0, 0.05) is 24.8 Å². The van der Waals surface area contributed by atoms with Crippen LogP contribution in [0.1, 0.15) is 40.0 Å². The van der Waals surface area contributed by atoms with Crippen LogP contribution in [-0.2, 0) is 4.74 Å². The third-order valence-electron chi connectivity index (χ3n) is 3.14. The highest BCUT2D eigenvalue weighted by Crippen LogP contribution is 2.18. The third kappa shape index (κ3) is 7.04. The predicted molar refractivity (Wildman–Crippen MR) is 89.9 cm³/mol. The van der Waals surface area contributed by atoms with E-state index in [0.717, 1.165) is 19.3 Å². The smallest absolute Gasteiger partial charge is 0.415 e. The Balaban J connectivity index is 2.61. The van der Waals surface area contributed by atoms with E-state index in [9.17, 15) is 9.59 Å². The molecule has 6 heteroatoms. The summed E-state index contributed by atoms with van der Waals surface area (Å²) < 4.78 is 10.3. The molecule has 1 rings (SSSR count). The first-order valence-electron chi connectivity index (χ1n) is 8.11. The largest absolute Gasteiger partial charge is 0.449 e. The van der Waals surface area contributed by atoms with Gasteiger partial charge in [-0.25, -0.2) is 9.59 Å². The summed E-state index contributed by atoms with van der Waals surface area (Å²) in [4.78, 5) is 25.3. The van der Waals surface area contributed by atoms with Crippen molar-refractivity contribution in [2.45, 2.75) is 40.0 Å². The number of ether oxygens (including phenoxy) is 2. The van der Waals surface area contributed by atoms with Crippen molar-refractivity contribution >= 4 is 17.9 Å². The Morgan fingerprint density at radius 1 is 1.17 bits per heavy atom. The van der Waals surface area contributed by atoms with E-state index in [1.807, 2.05) is 13.8 Å². The minimum atomic E-state index is -0.520. The molecule has 0 aliphatic carbocycles. The van der Waals surface area contributed by atoms with Crippen LogP contribution < -0.4 is 10.1 Å². The third-order valence-corrected chi connectivity index (χ3v) is 3.14. The second-order valence-corrected chi connectivity index (χ2v) is 5.09. The maximum absolute atomic E-state index is 12.1. The van der Waals surface area contributed by atoms with E-state index in [1.165, 1.54) is 0 Å². The average molecular weight is 322 g/mol. The fraction of sp³-hybridized carbons (Fsp3) is 0.529. The van der Waals surface area contributed by atoms with Crippen LogP contribution in [0.4, 0.5) is 15.3 Å². The summed E-state index contributed by atoms with van der Waals surface area (Å²) in [5, 5.41) is 2.60. The van der Waals surface area contributed by atoms with Crippen molar-refractivity contribution in [2.24, 2.45) is 0 Å². The predicted octanol–water partition coefficient (Wildman–Crippen LogP) is 4.27. The number of nitrogens with one attached hydrogen (secondary N) is 1. The Hall–Kier alpha value is -2.24. The molecule has 0 radical (unpaired) electrons. The van der Waals surface area contributed by atoms with Gasteiger partial charge in [0.05, 0.1) is 6.61 Å². The van der Waals surface area contributed by atoms with Gasteiger partial charge in [0.2, 0.25) is 0 Å². The van der Waals surface area contributed by atoms with Crippen LogP contribution in [0, 0.1) is 0 Å². The van der Waals surface area contributed by atoms with E-state index in [-0.39, 0.29) is 6.09 Å². The summed E-state index contributed by atoms with van der Waals surface area (Å²) in [6.45, 7) is 7.55. The maximum Gasteiger partial charge on any atom is 0.415 e. The molecule has 0 aromatic heterocycles.